The number of hydrogen-bond acceptors (Lipinski definition) is 6. The number of ether oxygens (including phenoxy) is 2. The number of hydrogen-bond donors (Lipinski definition) is 2. The van der Waals surface area contributed by atoms with E-state index in [1.165, 1.54) is 13.3 Å². The Bertz CT molecular complexity index is 800. The number of nitrogens with zero attached hydrogens (tertiary/aromatic N) is 1. The van der Waals surface area contributed by atoms with Crippen molar-refractivity contribution in [1.82, 2.24) is 15.3 Å². The summed E-state index contributed by atoms with van der Waals surface area (Å²) < 4.78 is 9.84. The van der Waals surface area contributed by atoms with Gasteiger partial charge in [-0.1, -0.05) is 12.1 Å². The van der Waals surface area contributed by atoms with Gasteiger partial charge in [0.1, 0.15) is 12.3 Å². The Morgan fingerprint density at radius 2 is 2.12 bits per heavy atom. The summed E-state index contributed by atoms with van der Waals surface area (Å²) in [7, 11) is 1.20. The highest BCUT2D eigenvalue weighted by atomic mass is 16.5. The average Bonchev–Trinajstić information content (AvgIpc) is 2.60. The van der Waals surface area contributed by atoms with E-state index in [4.69, 9.17) is 4.74 Å². The van der Waals surface area contributed by atoms with Crippen molar-refractivity contribution in [2.24, 2.45) is 0 Å². The molecular weight excluding hydrogens is 314 g/mol. The van der Waals surface area contributed by atoms with Gasteiger partial charge < -0.3 is 19.8 Å². The Morgan fingerprint density at radius 3 is 2.83 bits per heavy atom. The molecule has 0 saturated heterocycles. The number of benzene rings is 1. The van der Waals surface area contributed by atoms with Crippen molar-refractivity contribution >= 4 is 11.9 Å². The number of nitrogens with one attached hydrogen (secondary N) is 2. The number of carbonyl (C=O) groups is 2. The van der Waals surface area contributed by atoms with Crippen molar-refractivity contribution in [2.75, 3.05) is 20.3 Å². The molecule has 24 heavy (non-hydrogen) atoms. The molecule has 8 nitrogen and oxygen atoms in total. The predicted molar refractivity (Wildman–Crippen MR) is 85.8 cm³/mol. The zero-order valence-corrected chi connectivity index (χ0v) is 13.3. The summed E-state index contributed by atoms with van der Waals surface area (Å²) in [5.74, 6) is -0.732. The molecule has 1 aromatic carbocycles. The number of aromatic nitrogens is 2. The van der Waals surface area contributed by atoms with Crippen molar-refractivity contribution in [3.8, 4) is 17.0 Å². The number of esters is 1. The van der Waals surface area contributed by atoms with Crippen molar-refractivity contribution in [2.45, 2.75) is 6.92 Å². The van der Waals surface area contributed by atoms with Crippen LogP contribution in [0.1, 0.15) is 17.4 Å². The maximum absolute atomic E-state index is 12.0. The van der Waals surface area contributed by atoms with Gasteiger partial charge >= 0.3 is 5.97 Å². The lowest BCUT2D eigenvalue weighted by Gasteiger charge is -2.07. The number of methoxy groups -OCH3 is 1. The van der Waals surface area contributed by atoms with Crippen molar-refractivity contribution in [1.29, 1.82) is 0 Å². The second-order valence-electron chi connectivity index (χ2n) is 4.68. The van der Waals surface area contributed by atoms with Gasteiger partial charge in [0.25, 0.3) is 11.5 Å². The van der Waals surface area contributed by atoms with Crippen LogP contribution in [-0.2, 0) is 9.53 Å². The zero-order chi connectivity index (χ0) is 17.5. The average molecular weight is 331 g/mol. The molecule has 1 heterocycles. The lowest BCUT2D eigenvalue weighted by molar-refractivity contribution is -0.139. The van der Waals surface area contributed by atoms with Crippen molar-refractivity contribution in [3.05, 3.63) is 46.5 Å². The van der Waals surface area contributed by atoms with Crippen LogP contribution < -0.4 is 15.6 Å². The highest BCUT2D eigenvalue weighted by Crippen LogP contribution is 2.21. The standard InChI is InChI=1S/C16H17N3O5/c1-3-24-11-6-4-5-10(7-11)12-8-17-15(21)14(19-12)16(22)18-9-13(20)23-2/h4-8H,3,9H2,1-2H3,(H,17,21)(H,18,22). The van der Waals surface area contributed by atoms with E-state index in [-0.39, 0.29) is 12.2 Å². The third-order valence-corrected chi connectivity index (χ3v) is 3.06. The normalized spacial score (nSPS) is 10.1. The van der Waals surface area contributed by atoms with Crippen molar-refractivity contribution < 1.29 is 19.1 Å². The first-order valence-electron chi connectivity index (χ1n) is 7.23. The Hall–Kier alpha value is -3.16. The van der Waals surface area contributed by atoms with E-state index in [0.29, 0.717) is 23.6 Å². The van der Waals surface area contributed by atoms with Gasteiger partial charge in [-0.2, -0.15) is 0 Å². The summed E-state index contributed by atoms with van der Waals surface area (Å²) in [6.45, 7) is 2.04. The van der Waals surface area contributed by atoms with E-state index in [0.717, 1.165) is 0 Å². The molecule has 1 amide bonds. The van der Waals surface area contributed by atoms with E-state index in [1.54, 1.807) is 24.3 Å². The van der Waals surface area contributed by atoms with Crippen LogP contribution in [0.4, 0.5) is 0 Å². The second-order valence-corrected chi connectivity index (χ2v) is 4.68. The van der Waals surface area contributed by atoms with E-state index in [9.17, 15) is 14.4 Å². The second kappa shape index (κ2) is 7.91. The minimum Gasteiger partial charge on any atom is -0.494 e. The number of carbonyl (C=O) groups excluding carboxylic acids is 2. The van der Waals surface area contributed by atoms with Gasteiger partial charge in [0.05, 0.1) is 19.4 Å². The van der Waals surface area contributed by atoms with Gasteiger partial charge in [-0.05, 0) is 19.1 Å². The summed E-state index contributed by atoms with van der Waals surface area (Å²) in [6, 6.07) is 7.10. The zero-order valence-electron chi connectivity index (χ0n) is 13.3. The van der Waals surface area contributed by atoms with Crippen LogP contribution >= 0.6 is 0 Å². The molecule has 2 rings (SSSR count). The Kier molecular flexibility index (Phi) is 5.67. The quantitative estimate of drug-likeness (QED) is 0.755. The molecule has 126 valence electrons. The largest absolute Gasteiger partial charge is 0.494 e. The number of aromatic amines is 1. The predicted octanol–water partition coefficient (Wildman–Crippen LogP) is 0.738. The Labute approximate surface area is 137 Å². The molecule has 2 aromatic rings. The molecular formula is C16H17N3O5. The Morgan fingerprint density at radius 1 is 1.33 bits per heavy atom. The summed E-state index contributed by atoms with van der Waals surface area (Å²) in [5.41, 5.74) is 0.0962. The summed E-state index contributed by atoms with van der Waals surface area (Å²) in [5, 5.41) is 2.28. The molecule has 0 aliphatic heterocycles. The molecule has 0 aliphatic rings. The third-order valence-electron chi connectivity index (χ3n) is 3.06. The van der Waals surface area contributed by atoms with Crippen LogP contribution in [0.3, 0.4) is 0 Å². The van der Waals surface area contributed by atoms with Crippen LogP contribution in [0.15, 0.2) is 35.3 Å². The topological polar surface area (TPSA) is 110 Å². The van der Waals surface area contributed by atoms with E-state index >= 15 is 0 Å². The minimum absolute atomic E-state index is 0.335. The smallest absolute Gasteiger partial charge is 0.325 e. The molecule has 2 N–H and O–H groups in total. The van der Waals surface area contributed by atoms with E-state index in [2.05, 4.69) is 20.0 Å². The van der Waals surface area contributed by atoms with Gasteiger partial charge in [0, 0.05) is 11.8 Å². The van der Waals surface area contributed by atoms with Crippen LogP contribution in [0, 0.1) is 0 Å². The Balaban J connectivity index is 2.28. The molecule has 0 saturated carbocycles. The highest BCUT2D eigenvalue weighted by molar-refractivity contribution is 5.94. The van der Waals surface area contributed by atoms with E-state index < -0.39 is 17.4 Å². The molecule has 0 spiro atoms. The molecule has 0 unspecified atom stereocenters. The first-order valence-corrected chi connectivity index (χ1v) is 7.23. The molecule has 0 aliphatic carbocycles. The van der Waals surface area contributed by atoms with E-state index in [1.807, 2.05) is 6.92 Å². The van der Waals surface area contributed by atoms with Crippen LogP contribution in [0.5, 0.6) is 5.75 Å². The maximum atomic E-state index is 12.0. The number of amides is 1. The van der Waals surface area contributed by atoms with Crippen LogP contribution in [0.25, 0.3) is 11.3 Å². The lowest BCUT2D eigenvalue weighted by atomic mass is 10.1. The van der Waals surface area contributed by atoms with Crippen LogP contribution in [0.2, 0.25) is 0 Å². The maximum Gasteiger partial charge on any atom is 0.325 e. The summed E-state index contributed by atoms with van der Waals surface area (Å²) in [6.07, 6.45) is 1.41. The molecule has 1 aromatic heterocycles. The molecule has 0 bridgehead atoms. The summed E-state index contributed by atoms with van der Waals surface area (Å²) >= 11 is 0. The molecule has 0 atom stereocenters. The lowest BCUT2D eigenvalue weighted by Crippen LogP contribution is -2.34. The summed E-state index contributed by atoms with van der Waals surface area (Å²) in [4.78, 5) is 41.4. The van der Waals surface area contributed by atoms with Crippen molar-refractivity contribution in [3.63, 3.8) is 0 Å². The third kappa shape index (κ3) is 4.19. The van der Waals surface area contributed by atoms with Gasteiger partial charge in [-0.15, -0.1) is 0 Å². The first-order chi connectivity index (χ1) is 11.5. The number of H-pyrrole nitrogens is 1. The fourth-order valence-corrected chi connectivity index (χ4v) is 1.93. The van der Waals surface area contributed by atoms with Gasteiger partial charge in [0.15, 0.2) is 5.69 Å². The fraction of sp³-hybridized carbons (Fsp3) is 0.250. The molecule has 8 heteroatoms. The molecule has 0 fully saturated rings. The minimum atomic E-state index is -0.760. The van der Waals surface area contributed by atoms with Crippen LogP contribution in [-0.4, -0.2) is 42.1 Å². The van der Waals surface area contributed by atoms with Gasteiger partial charge in [0.2, 0.25) is 0 Å². The van der Waals surface area contributed by atoms with Gasteiger partial charge in [-0.3, -0.25) is 14.4 Å². The number of rotatable bonds is 6. The van der Waals surface area contributed by atoms with Gasteiger partial charge in [-0.25, -0.2) is 4.98 Å². The monoisotopic (exact) mass is 331 g/mol. The SMILES string of the molecule is CCOc1cccc(-c2c[nH]c(=O)c(C(=O)NCC(=O)OC)n2)c1. The first kappa shape index (κ1) is 17.2. The molecule has 0 radical (unpaired) electrons. The fourth-order valence-electron chi connectivity index (χ4n) is 1.93. The highest BCUT2D eigenvalue weighted by Gasteiger charge is 2.15.